The van der Waals surface area contributed by atoms with Gasteiger partial charge in [0.05, 0.1) is 5.56 Å². The molecule has 2 aromatic carbocycles. The van der Waals surface area contributed by atoms with E-state index in [4.69, 9.17) is 0 Å². The van der Waals surface area contributed by atoms with E-state index in [2.05, 4.69) is 5.32 Å². The largest absolute Gasteiger partial charge is 0.416 e. The third kappa shape index (κ3) is 3.50. The maximum absolute atomic E-state index is 13.0. The number of rotatable bonds is 3. The SMILES string of the molecule is Cc1cccc(NCc2ccc(F)cc2C(F)(F)F)c1. The number of hydrogen-bond acceptors (Lipinski definition) is 1. The van der Waals surface area contributed by atoms with Crippen LogP contribution in [-0.2, 0) is 12.7 Å². The average molecular weight is 283 g/mol. The van der Waals surface area contributed by atoms with Crippen LogP contribution in [0.3, 0.4) is 0 Å². The maximum Gasteiger partial charge on any atom is 0.416 e. The highest BCUT2D eigenvalue weighted by Gasteiger charge is 2.33. The molecule has 0 spiro atoms. The van der Waals surface area contributed by atoms with Crippen molar-refractivity contribution < 1.29 is 17.6 Å². The van der Waals surface area contributed by atoms with E-state index in [1.165, 1.54) is 0 Å². The van der Waals surface area contributed by atoms with Crippen LogP contribution in [0.5, 0.6) is 0 Å². The molecular formula is C15H13F4N. The van der Waals surface area contributed by atoms with Crippen LogP contribution in [0.25, 0.3) is 0 Å². The monoisotopic (exact) mass is 283 g/mol. The van der Waals surface area contributed by atoms with Crippen LogP contribution in [0.15, 0.2) is 42.5 Å². The molecule has 2 aromatic rings. The van der Waals surface area contributed by atoms with Crippen LogP contribution in [0.4, 0.5) is 23.2 Å². The number of alkyl halides is 3. The molecule has 0 unspecified atom stereocenters. The number of hydrogen-bond donors (Lipinski definition) is 1. The van der Waals surface area contributed by atoms with Crippen molar-refractivity contribution in [2.24, 2.45) is 0 Å². The van der Waals surface area contributed by atoms with E-state index in [1.54, 1.807) is 6.07 Å². The zero-order valence-electron chi connectivity index (χ0n) is 10.8. The Hall–Kier alpha value is -2.04. The highest BCUT2D eigenvalue weighted by Crippen LogP contribution is 2.32. The van der Waals surface area contributed by atoms with Gasteiger partial charge < -0.3 is 5.32 Å². The molecule has 0 saturated heterocycles. The van der Waals surface area contributed by atoms with E-state index < -0.39 is 17.6 Å². The minimum absolute atomic E-state index is 0.0143. The van der Waals surface area contributed by atoms with Crippen molar-refractivity contribution in [2.45, 2.75) is 19.6 Å². The Labute approximate surface area is 114 Å². The summed E-state index contributed by atoms with van der Waals surface area (Å²) in [5.41, 5.74) is 0.797. The summed E-state index contributed by atoms with van der Waals surface area (Å²) in [5.74, 6) is -0.892. The average Bonchev–Trinajstić information content (AvgIpc) is 2.36. The zero-order valence-corrected chi connectivity index (χ0v) is 10.8. The van der Waals surface area contributed by atoms with Gasteiger partial charge in [0.1, 0.15) is 5.82 Å². The zero-order chi connectivity index (χ0) is 14.8. The number of benzene rings is 2. The van der Waals surface area contributed by atoms with Crippen LogP contribution in [0.1, 0.15) is 16.7 Å². The predicted octanol–water partition coefficient (Wildman–Crippen LogP) is 4.77. The lowest BCUT2D eigenvalue weighted by molar-refractivity contribution is -0.138. The molecule has 20 heavy (non-hydrogen) atoms. The van der Waals surface area contributed by atoms with Gasteiger partial charge in [0, 0.05) is 12.2 Å². The second kappa shape index (κ2) is 5.53. The van der Waals surface area contributed by atoms with Crippen LogP contribution in [-0.4, -0.2) is 0 Å². The second-order valence-corrected chi connectivity index (χ2v) is 4.52. The predicted molar refractivity (Wildman–Crippen MR) is 69.9 cm³/mol. The van der Waals surface area contributed by atoms with E-state index in [-0.39, 0.29) is 12.1 Å². The molecule has 0 aliphatic carbocycles. The topological polar surface area (TPSA) is 12.0 Å². The van der Waals surface area contributed by atoms with E-state index in [1.807, 2.05) is 25.1 Å². The van der Waals surface area contributed by atoms with Crippen molar-refractivity contribution in [1.29, 1.82) is 0 Å². The Morgan fingerprint density at radius 3 is 2.45 bits per heavy atom. The lowest BCUT2D eigenvalue weighted by Gasteiger charge is -2.14. The van der Waals surface area contributed by atoms with Gasteiger partial charge in [-0.1, -0.05) is 18.2 Å². The van der Waals surface area contributed by atoms with Gasteiger partial charge >= 0.3 is 6.18 Å². The summed E-state index contributed by atoms with van der Waals surface area (Å²) in [4.78, 5) is 0. The van der Waals surface area contributed by atoms with E-state index in [9.17, 15) is 17.6 Å². The molecular weight excluding hydrogens is 270 g/mol. The summed E-state index contributed by atoms with van der Waals surface area (Å²) in [6, 6.07) is 10.0. The highest BCUT2D eigenvalue weighted by atomic mass is 19.4. The Balaban J connectivity index is 2.21. The Bertz CT molecular complexity index is 605. The molecule has 0 amide bonds. The van der Waals surface area contributed by atoms with Crippen molar-refractivity contribution in [3.05, 3.63) is 65.0 Å². The lowest BCUT2D eigenvalue weighted by Crippen LogP contribution is -2.12. The summed E-state index contributed by atoms with van der Waals surface area (Å²) >= 11 is 0. The minimum atomic E-state index is -4.56. The molecule has 0 saturated carbocycles. The fourth-order valence-electron chi connectivity index (χ4n) is 1.92. The van der Waals surface area contributed by atoms with Crippen molar-refractivity contribution in [1.82, 2.24) is 0 Å². The summed E-state index contributed by atoms with van der Waals surface area (Å²) in [6.45, 7) is 1.88. The molecule has 0 aliphatic rings. The van der Waals surface area contributed by atoms with Gasteiger partial charge in [0.25, 0.3) is 0 Å². The molecule has 0 atom stereocenters. The van der Waals surface area contributed by atoms with E-state index in [0.29, 0.717) is 6.07 Å². The quantitative estimate of drug-likeness (QED) is 0.800. The van der Waals surface area contributed by atoms with E-state index >= 15 is 0 Å². The highest BCUT2D eigenvalue weighted by molar-refractivity contribution is 5.46. The molecule has 0 heterocycles. The van der Waals surface area contributed by atoms with Gasteiger partial charge in [-0.2, -0.15) is 13.2 Å². The number of nitrogens with one attached hydrogen (secondary N) is 1. The minimum Gasteiger partial charge on any atom is -0.381 e. The molecule has 0 aliphatic heterocycles. The third-order valence-electron chi connectivity index (χ3n) is 2.88. The molecule has 1 N–H and O–H groups in total. The normalized spacial score (nSPS) is 11.4. The number of anilines is 1. The van der Waals surface area contributed by atoms with Crippen molar-refractivity contribution in [2.75, 3.05) is 5.32 Å². The first kappa shape index (κ1) is 14.4. The second-order valence-electron chi connectivity index (χ2n) is 4.52. The summed E-state index contributed by atoms with van der Waals surface area (Å²) in [7, 11) is 0. The molecule has 0 aromatic heterocycles. The summed E-state index contributed by atoms with van der Waals surface area (Å²) in [6.07, 6.45) is -4.56. The van der Waals surface area contributed by atoms with Gasteiger partial charge in [-0.05, 0) is 42.3 Å². The van der Waals surface area contributed by atoms with E-state index in [0.717, 1.165) is 23.4 Å². The van der Waals surface area contributed by atoms with Crippen molar-refractivity contribution in [3.8, 4) is 0 Å². The fraction of sp³-hybridized carbons (Fsp3) is 0.200. The van der Waals surface area contributed by atoms with Gasteiger partial charge in [0.15, 0.2) is 0 Å². The molecule has 1 nitrogen and oxygen atoms in total. The van der Waals surface area contributed by atoms with Crippen molar-refractivity contribution in [3.63, 3.8) is 0 Å². The smallest absolute Gasteiger partial charge is 0.381 e. The van der Waals surface area contributed by atoms with Gasteiger partial charge in [-0.3, -0.25) is 0 Å². The molecule has 0 radical (unpaired) electrons. The lowest BCUT2D eigenvalue weighted by atomic mass is 10.1. The standard InChI is InChI=1S/C15H13F4N/c1-10-3-2-4-13(7-10)20-9-11-5-6-12(16)8-14(11)15(17,18)19/h2-8,20H,9H2,1H3. The Kier molecular flexibility index (Phi) is 3.97. The molecule has 0 fully saturated rings. The van der Waals surface area contributed by atoms with Crippen LogP contribution < -0.4 is 5.32 Å². The van der Waals surface area contributed by atoms with Crippen LogP contribution in [0.2, 0.25) is 0 Å². The van der Waals surface area contributed by atoms with Crippen molar-refractivity contribution >= 4 is 5.69 Å². The fourth-order valence-corrected chi connectivity index (χ4v) is 1.92. The molecule has 2 rings (SSSR count). The first-order valence-corrected chi connectivity index (χ1v) is 6.02. The summed E-state index contributed by atoms with van der Waals surface area (Å²) in [5, 5.41) is 2.91. The summed E-state index contributed by atoms with van der Waals surface area (Å²) < 4.78 is 51.4. The number of halogens is 4. The first-order chi connectivity index (χ1) is 9.36. The molecule has 0 bridgehead atoms. The molecule has 106 valence electrons. The Morgan fingerprint density at radius 1 is 1.05 bits per heavy atom. The Morgan fingerprint density at radius 2 is 1.80 bits per heavy atom. The van der Waals surface area contributed by atoms with Gasteiger partial charge in [-0.15, -0.1) is 0 Å². The number of aryl methyl sites for hydroxylation is 1. The third-order valence-corrected chi connectivity index (χ3v) is 2.88. The van der Waals surface area contributed by atoms with Gasteiger partial charge in [-0.25, -0.2) is 4.39 Å². The van der Waals surface area contributed by atoms with Crippen LogP contribution in [0, 0.1) is 12.7 Å². The van der Waals surface area contributed by atoms with Crippen LogP contribution >= 0.6 is 0 Å². The van der Waals surface area contributed by atoms with Gasteiger partial charge in [0.2, 0.25) is 0 Å². The first-order valence-electron chi connectivity index (χ1n) is 6.02. The molecule has 5 heteroatoms. The maximum atomic E-state index is 13.0.